The second-order valence-corrected chi connectivity index (χ2v) is 4.48. The number of nitrogens with one attached hydrogen (secondary N) is 1. The smallest absolute Gasteiger partial charge is 0.246 e. The standard InChI is InChI=1S/C14H15N5O/c1-9-14(16)10(2)19(18-9)8-13(20)17-12-5-3-11(7-15)4-6-12/h3-6H,8,16H2,1-2H3,(H,17,20). The van der Waals surface area contributed by atoms with E-state index in [0.29, 0.717) is 22.6 Å². The van der Waals surface area contributed by atoms with Gasteiger partial charge in [-0.2, -0.15) is 10.4 Å². The van der Waals surface area contributed by atoms with Gasteiger partial charge in [0.05, 0.1) is 28.7 Å². The summed E-state index contributed by atoms with van der Waals surface area (Å²) in [5, 5.41) is 15.7. The van der Waals surface area contributed by atoms with Crippen LogP contribution in [0.25, 0.3) is 0 Å². The molecule has 102 valence electrons. The normalized spacial score (nSPS) is 10.1. The number of carbonyl (C=O) groups is 1. The second-order valence-electron chi connectivity index (χ2n) is 4.48. The Balaban J connectivity index is 2.05. The van der Waals surface area contributed by atoms with E-state index in [4.69, 9.17) is 11.0 Å². The third-order valence-electron chi connectivity index (χ3n) is 3.03. The summed E-state index contributed by atoms with van der Waals surface area (Å²) in [5.41, 5.74) is 9.11. The van der Waals surface area contributed by atoms with Crippen molar-refractivity contribution in [1.82, 2.24) is 9.78 Å². The first kappa shape index (κ1) is 13.6. The van der Waals surface area contributed by atoms with Crippen molar-refractivity contribution in [3.63, 3.8) is 0 Å². The highest BCUT2D eigenvalue weighted by atomic mass is 16.2. The van der Waals surface area contributed by atoms with Gasteiger partial charge < -0.3 is 11.1 Å². The Kier molecular flexibility index (Phi) is 3.71. The zero-order valence-corrected chi connectivity index (χ0v) is 11.3. The third-order valence-corrected chi connectivity index (χ3v) is 3.03. The predicted octanol–water partition coefficient (Wildman–Crippen LogP) is 1.59. The summed E-state index contributed by atoms with van der Waals surface area (Å²) >= 11 is 0. The lowest BCUT2D eigenvalue weighted by Crippen LogP contribution is -2.20. The monoisotopic (exact) mass is 269 g/mol. The van der Waals surface area contributed by atoms with E-state index in [2.05, 4.69) is 10.4 Å². The van der Waals surface area contributed by atoms with Gasteiger partial charge in [-0.15, -0.1) is 0 Å². The molecular formula is C14H15N5O. The topological polar surface area (TPSA) is 96.7 Å². The van der Waals surface area contributed by atoms with Crippen LogP contribution >= 0.6 is 0 Å². The van der Waals surface area contributed by atoms with Crippen LogP contribution < -0.4 is 11.1 Å². The van der Waals surface area contributed by atoms with Gasteiger partial charge in [-0.25, -0.2) is 0 Å². The lowest BCUT2D eigenvalue weighted by atomic mass is 10.2. The highest BCUT2D eigenvalue weighted by molar-refractivity contribution is 5.90. The molecular weight excluding hydrogens is 254 g/mol. The Hall–Kier alpha value is -2.81. The van der Waals surface area contributed by atoms with E-state index < -0.39 is 0 Å². The summed E-state index contributed by atoms with van der Waals surface area (Å²) in [4.78, 5) is 11.9. The lowest BCUT2D eigenvalue weighted by Gasteiger charge is -2.06. The van der Waals surface area contributed by atoms with Gasteiger partial charge in [0, 0.05) is 5.69 Å². The van der Waals surface area contributed by atoms with Crippen LogP contribution in [0.3, 0.4) is 0 Å². The van der Waals surface area contributed by atoms with Gasteiger partial charge in [0.25, 0.3) is 0 Å². The minimum Gasteiger partial charge on any atom is -0.396 e. The van der Waals surface area contributed by atoms with Crippen LogP contribution in [-0.2, 0) is 11.3 Å². The Morgan fingerprint density at radius 1 is 1.40 bits per heavy atom. The fraction of sp³-hybridized carbons (Fsp3) is 0.214. The lowest BCUT2D eigenvalue weighted by molar-refractivity contribution is -0.116. The van der Waals surface area contributed by atoms with E-state index in [1.165, 1.54) is 0 Å². The summed E-state index contributed by atoms with van der Waals surface area (Å²) in [6.45, 7) is 3.73. The van der Waals surface area contributed by atoms with Gasteiger partial charge in [-0.05, 0) is 38.1 Å². The van der Waals surface area contributed by atoms with E-state index in [1.54, 1.807) is 35.9 Å². The molecule has 0 atom stereocenters. The summed E-state index contributed by atoms with van der Waals surface area (Å²) in [7, 11) is 0. The minimum absolute atomic E-state index is 0.101. The molecule has 0 spiro atoms. The number of hydrogen-bond acceptors (Lipinski definition) is 4. The van der Waals surface area contributed by atoms with Gasteiger partial charge in [0.15, 0.2) is 0 Å². The van der Waals surface area contributed by atoms with Gasteiger partial charge >= 0.3 is 0 Å². The van der Waals surface area contributed by atoms with Crippen molar-refractivity contribution in [2.75, 3.05) is 11.1 Å². The second kappa shape index (κ2) is 5.45. The number of benzene rings is 1. The fourth-order valence-corrected chi connectivity index (χ4v) is 1.83. The van der Waals surface area contributed by atoms with Crippen molar-refractivity contribution >= 4 is 17.3 Å². The van der Waals surface area contributed by atoms with Crippen LogP contribution in [0, 0.1) is 25.2 Å². The number of nitrogens with zero attached hydrogens (tertiary/aromatic N) is 3. The maximum Gasteiger partial charge on any atom is 0.246 e. The molecule has 6 heteroatoms. The molecule has 1 aromatic heterocycles. The summed E-state index contributed by atoms with van der Waals surface area (Å²) in [6, 6.07) is 8.70. The summed E-state index contributed by atoms with van der Waals surface area (Å²) < 4.78 is 1.57. The molecule has 0 fully saturated rings. The average molecular weight is 269 g/mol. The molecule has 0 bridgehead atoms. The Bertz CT molecular complexity index is 679. The number of carbonyl (C=O) groups excluding carboxylic acids is 1. The van der Waals surface area contributed by atoms with Crippen molar-refractivity contribution in [2.45, 2.75) is 20.4 Å². The third kappa shape index (κ3) is 2.78. The molecule has 0 aliphatic heterocycles. The molecule has 2 aromatic rings. The molecule has 1 amide bonds. The highest BCUT2D eigenvalue weighted by Crippen LogP contribution is 2.15. The van der Waals surface area contributed by atoms with Crippen molar-refractivity contribution in [1.29, 1.82) is 5.26 Å². The molecule has 1 heterocycles. The van der Waals surface area contributed by atoms with Crippen molar-refractivity contribution in [3.8, 4) is 6.07 Å². The SMILES string of the molecule is Cc1nn(CC(=O)Nc2ccc(C#N)cc2)c(C)c1N. The largest absolute Gasteiger partial charge is 0.396 e. The first-order chi connectivity index (χ1) is 9.51. The van der Waals surface area contributed by atoms with Crippen LogP contribution in [0.2, 0.25) is 0 Å². The van der Waals surface area contributed by atoms with Gasteiger partial charge in [-0.1, -0.05) is 0 Å². The quantitative estimate of drug-likeness (QED) is 0.884. The van der Waals surface area contributed by atoms with Gasteiger partial charge in [-0.3, -0.25) is 9.48 Å². The zero-order chi connectivity index (χ0) is 14.7. The van der Waals surface area contributed by atoms with E-state index in [1.807, 2.05) is 13.0 Å². The summed E-state index contributed by atoms with van der Waals surface area (Å²) in [5.74, 6) is -0.194. The molecule has 0 unspecified atom stereocenters. The van der Waals surface area contributed by atoms with E-state index >= 15 is 0 Å². The van der Waals surface area contributed by atoms with E-state index in [0.717, 1.165) is 5.69 Å². The van der Waals surface area contributed by atoms with Crippen LogP contribution in [0.15, 0.2) is 24.3 Å². The van der Waals surface area contributed by atoms with Crippen LogP contribution in [-0.4, -0.2) is 15.7 Å². The number of nitrogens with two attached hydrogens (primary N) is 1. The Morgan fingerprint density at radius 3 is 2.55 bits per heavy atom. The minimum atomic E-state index is -0.194. The molecule has 3 N–H and O–H groups in total. The van der Waals surface area contributed by atoms with E-state index in [9.17, 15) is 4.79 Å². The van der Waals surface area contributed by atoms with Gasteiger partial charge in [0.1, 0.15) is 6.54 Å². The van der Waals surface area contributed by atoms with Crippen LogP contribution in [0.4, 0.5) is 11.4 Å². The van der Waals surface area contributed by atoms with E-state index in [-0.39, 0.29) is 12.5 Å². The highest BCUT2D eigenvalue weighted by Gasteiger charge is 2.11. The first-order valence-electron chi connectivity index (χ1n) is 6.10. The number of nitriles is 1. The van der Waals surface area contributed by atoms with Crippen molar-refractivity contribution in [3.05, 3.63) is 41.2 Å². The number of rotatable bonds is 3. The number of aryl methyl sites for hydroxylation is 1. The number of amides is 1. The van der Waals surface area contributed by atoms with Crippen LogP contribution in [0.5, 0.6) is 0 Å². The molecule has 1 aromatic carbocycles. The van der Waals surface area contributed by atoms with Crippen molar-refractivity contribution < 1.29 is 4.79 Å². The maximum atomic E-state index is 11.9. The predicted molar refractivity (Wildman–Crippen MR) is 75.9 cm³/mol. The van der Waals surface area contributed by atoms with Crippen LogP contribution in [0.1, 0.15) is 17.0 Å². The molecule has 0 saturated heterocycles. The molecule has 0 aliphatic carbocycles. The Morgan fingerprint density at radius 2 is 2.05 bits per heavy atom. The number of aromatic nitrogens is 2. The fourth-order valence-electron chi connectivity index (χ4n) is 1.83. The zero-order valence-electron chi connectivity index (χ0n) is 11.3. The van der Waals surface area contributed by atoms with Gasteiger partial charge in [0.2, 0.25) is 5.91 Å². The average Bonchev–Trinajstić information content (AvgIpc) is 2.67. The Labute approximate surface area is 116 Å². The molecule has 0 saturated carbocycles. The molecule has 2 rings (SSSR count). The molecule has 0 radical (unpaired) electrons. The maximum absolute atomic E-state index is 11.9. The van der Waals surface area contributed by atoms with Crippen molar-refractivity contribution in [2.24, 2.45) is 0 Å². The molecule has 0 aliphatic rings. The number of anilines is 2. The number of hydrogen-bond donors (Lipinski definition) is 2. The summed E-state index contributed by atoms with van der Waals surface area (Å²) in [6.07, 6.45) is 0. The number of nitrogen functional groups attached to an aromatic ring is 1. The molecule has 20 heavy (non-hydrogen) atoms. The first-order valence-corrected chi connectivity index (χ1v) is 6.10. The molecule has 6 nitrogen and oxygen atoms in total.